The van der Waals surface area contributed by atoms with Gasteiger partial charge in [0.25, 0.3) is 0 Å². The zero-order valence-corrected chi connectivity index (χ0v) is 13.4. The minimum atomic E-state index is 0.499. The van der Waals surface area contributed by atoms with Crippen LogP contribution in [-0.4, -0.2) is 12.6 Å². The summed E-state index contributed by atoms with van der Waals surface area (Å²) in [7, 11) is 0. The van der Waals surface area contributed by atoms with Crippen molar-refractivity contribution in [1.29, 1.82) is 0 Å². The minimum Gasteiger partial charge on any atom is -0.314 e. The van der Waals surface area contributed by atoms with Crippen molar-refractivity contribution in [1.82, 2.24) is 5.32 Å². The van der Waals surface area contributed by atoms with Crippen molar-refractivity contribution in [3.8, 4) is 0 Å². The van der Waals surface area contributed by atoms with Crippen molar-refractivity contribution < 1.29 is 0 Å². The maximum Gasteiger partial charge on any atom is 0.0101 e. The summed E-state index contributed by atoms with van der Waals surface area (Å²) in [5, 5.41) is 3.79. The van der Waals surface area contributed by atoms with Crippen molar-refractivity contribution in [2.75, 3.05) is 6.54 Å². The third-order valence-electron chi connectivity index (χ3n) is 4.88. The van der Waals surface area contributed by atoms with Crippen molar-refractivity contribution >= 4 is 0 Å². The average molecular weight is 293 g/mol. The molecule has 1 nitrogen and oxygen atoms in total. The lowest BCUT2D eigenvalue weighted by atomic mass is 9.88. The Balaban J connectivity index is 1.64. The zero-order valence-electron chi connectivity index (χ0n) is 13.4. The SMILES string of the molecule is c1ccc(C(CCNC2CCCCC2)c2ccccc2)cc1. The molecule has 0 aromatic heterocycles. The van der Waals surface area contributed by atoms with Gasteiger partial charge in [-0.2, -0.15) is 0 Å². The lowest BCUT2D eigenvalue weighted by Gasteiger charge is -2.25. The monoisotopic (exact) mass is 293 g/mol. The van der Waals surface area contributed by atoms with Gasteiger partial charge >= 0.3 is 0 Å². The fourth-order valence-electron chi connectivity index (χ4n) is 3.63. The first kappa shape index (κ1) is 15.3. The maximum atomic E-state index is 3.79. The molecule has 22 heavy (non-hydrogen) atoms. The van der Waals surface area contributed by atoms with E-state index in [9.17, 15) is 0 Å². The molecule has 0 saturated heterocycles. The lowest BCUT2D eigenvalue weighted by Crippen LogP contribution is -2.32. The number of hydrogen-bond acceptors (Lipinski definition) is 1. The molecular weight excluding hydrogens is 266 g/mol. The molecule has 0 spiro atoms. The molecule has 0 atom stereocenters. The van der Waals surface area contributed by atoms with E-state index in [2.05, 4.69) is 66.0 Å². The molecule has 1 heteroatoms. The van der Waals surface area contributed by atoms with Crippen molar-refractivity contribution in [3.05, 3.63) is 71.8 Å². The maximum absolute atomic E-state index is 3.79. The minimum absolute atomic E-state index is 0.499. The fraction of sp³-hybridized carbons (Fsp3) is 0.429. The molecule has 1 aliphatic rings. The van der Waals surface area contributed by atoms with Crippen LogP contribution in [0.15, 0.2) is 60.7 Å². The van der Waals surface area contributed by atoms with Crippen LogP contribution in [0.25, 0.3) is 0 Å². The molecule has 1 fully saturated rings. The first-order valence-corrected chi connectivity index (χ1v) is 8.77. The van der Waals surface area contributed by atoms with E-state index in [0.29, 0.717) is 5.92 Å². The highest BCUT2D eigenvalue weighted by Crippen LogP contribution is 2.27. The average Bonchev–Trinajstić information content (AvgIpc) is 2.61. The summed E-state index contributed by atoms with van der Waals surface area (Å²) in [4.78, 5) is 0. The summed E-state index contributed by atoms with van der Waals surface area (Å²) in [5.41, 5.74) is 2.86. The Morgan fingerprint density at radius 3 is 1.86 bits per heavy atom. The van der Waals surface area contributed by atoms with Crippen molar-refractivity contribution in [3.63, 3.8) is 0 Å². The van der Waals surface area contributed by atoms with E-state index >= 15 is 0 Å². The second-order valence-corrected chi connectivity index (χ2v) is 6.45. The molecule has 2 aromatic carbocycles. The Morgan fingerprint density at radius 2 is 1.32 bits per heavy atom. The van der Waals surface area contributed by atoms with Crippen LogP contribution < -0.4 is 5.32 Å². The van der Waals surface area contributed by atoms with E-state index in [1.807, 2.05) is 0 Å². The van der Waals surface area contributed by atoms with Crippen LogP contribution in [0, 0.1) is 0 Å². The van der Waals surface area contributed by atoms with Crippen LogP contribution in [0.2, 0.25) is 0 Å². The Bertz CT molecular complexity index is 489. The number of nitrogens with one attached hydrogen (secondary N) is 1. The highest BCUT2D eigenvalue weighted by Gasteiger charge is 2.16. The summed E-state index contributed by atoms with van der Waals surface area (Å²) in [6.45, 7) is 1.11. The van der Waals surface area contributed by atoms with Gasteiger partial charge in [-0.3, -0.25) is 0 Å². The van der Waals surface area contributed by atoms with Gasteiger partial charge < -0.3 is 5.32 Å². The van der Waals surface area contributed by atoms with Crippen molar-refractivity contribution in [2.24, 2.45) is 0 Å². The number of rotatable bonds is 6. The van der Waals surface area contributed by atoms with Gasteiger partial charge in [0.15, 0.2) is 0 Å². The van der Waals surface area contributed by atoms with Gasteiger partial charge in [0.05, 0.1) is 0 Å². The largest absolute Gasteiger partial charge is 0.314 e. The first-order chi connectivity index (χ1) is 10.9. The Morgan fingerprint density at radius 1 is 0.773 bits per heavy atom. The summed E-state index contributed by atoms with van der Waals surface area (Å²) in [6.07, 6.45) is 8.12. The van der Waals surface area contributed by atoms with Gasteiger partial charge in [0.1, 0.15) is 0 Å². The molecule has 0 unspecified atom stereocenters. The van der Waals surface area contributed by atoms with E-state index in [-0.39, 0.29) is 0 Å². The molecule has 1 aliphatic carbocycles. The summed E-state index contributed by atoms with van der Waals surface area (Å²) >= 11 is 0. The lowest BCUT2D eigenvalue weighted by molar-refractivity contribution is 0.370. The molecule has 1 N–H and O–H groups in total. The smallest absolute Gasteiger partial charge is 0.0101 e. The van der Waals surface area contributed by atoms with Crippen LogP contribution in [0.3, 0.4) is 0 Å². The summed E-state index contributed by atoms with van der Waals surface area (Å²) in [5.74, 6) is 0.499. The summed E-state index contributed by atoms with van der Waals surface area (Å²) < 4.78 is 0. The Labute approximate surface area is 134 Å². The normalized spacial score (nSPS) is 16.0. The van der Waals surface area contributed by atoms with Gasteiger partial charge in [-0.25, -0.2) is 0 Å². The predicted molar refractivity (Wildman–Crippen MR) is 94.2 cm³/mol. The number of hydrogen-bond donors (Lipinski definition) is 1. The third-order valence-corrected chi connectivity index (χ3v) is 4.88. The van der Waals surface area contributed by atoms with Crippen LogP contribution >= 0.6 is 0 Å². The van der Waals surface area contributed by atoms with Crippen LogP contribution in [0.4, 0.5) is 0 Å². The summed E-state index contributed by atoms with van der Waals surface area (Å²) in [6, 6.07) is 22.6. The van der Waals surface area contributed by atoms with Crippen molar-refractivity contribution in [2.45, 2.75) is 50.5 Å². The van der Waals surface area contributed by atoms with Crippen LogP contribution in [0.1, 0.15) is 55.6 Å². The molecule has 0 aliphatic heterocycles. The van der Waals surface area contributed by atoms with E-state index in [0.717, 1.165) is 12.6 Å². The topological polar surface area (TPSA) is 12.0 Å². The van der Waals surface area contributed by atoms with Gasteiger partial charge in [-0.15, -0.1) is 0 Å². The quantitative estimate of drug-likeness (QED) is 0.778. The number of benzene rings is 2. The van der Waals surface area contributed by atoms with E-state index in [1.54, 1.807) is 0 Å². The van der Waals surface area contributed by atoms with Crippen LogP contribution in [-0.2, 0) is 0 Å². The first-order valence-electron chi connectivity index (χ1n) is 8.77. The molecule has 0 radical (unpaired) electrons. The van der Waals surface area contributed by atoms with E-state index in [1.165, 1.54) is 49.7 Å². The molecule has 1 saturated carbocycles. The molecule has 0 amide bonds. The van der Waals surface area contributed by atoms with E-state index in [4.69, 9.17) is 0 Å². The van der Waals surface area contributed by atoms with Crippen LogP contribution in [0.5, 0.6) is 0 Å². The fourth-order valence-corrected chi connectivity index (χ4v) is 3.63. The predicted octanol–water partition coefficient (Wildman–Crippen LogP) is 5.13. The second kappa shape index (κ2) is 8.14. The molecule has 0 bridgehead atoms. The highest BCUT2D eigenvalue weighted by atomic mass is 14.9. The zero-order chi connectivity index (χ0) is 15.0. The third kappa shape index (κ3) is 4.20. The van der Waals surface area contributed by atoms with Gasteiger partial charge in [-0.1, -0.05) is 79.9 Å². The molecule has 116 valence electrons. The van der Waals surface area contributed by atoms with E-state index < -0.39 is 0 Å². The second-order valence-electron chi connectivity index (χ2n) is 6.45. The standard InChI is InChI=1S/C21H27N/c1-4-10-18(11-5-1)21(19-12-6-2-7-13-19)16-17-22-20-14-8-3-9-15-20/h1-2,4-7,10-13,20-22H,3,8-9,14-17H2. The molecule has 0 heterocycles. The molecule has 2 aromatic rings. The molecule has 3 rings (SSSR count). The van der Waals surface area contributed by atoms with Gasteiger partial charge in [-0.05, 0) is 36.9 Å². The van der Waals surface area contributed by atoms with Gasteiger partial charge in [0, 0.05) is 12.0 Å². The Kier molecular flexibility index (Phi) is 5.66. The molecular formula is C21H27N. The van der Waals surface area contributed by atoms with Gasteiger partial charge in [0.2, 0.25) is 0 Å². The Hall–Kier alpha value is -1.60. The highest BCUT2D eigenvalue weighted by molar-refractivity contribution is 5.32.